The van der Waals surface area contributed by atoms with Crippen LogP contribution >= 0.6 is 0 Å². The molecular formula is C57H38N2. The molecule has 0 unspecified atom stereocenters. The fourth-order valence-electron chi connectivity index (χ4n) is 9.30. The molecule has 2 heteroatoms. The fraction of sp³-hybridized carbons (Fsp3) is 0.0175. The van der Waals surface area contributed by atoms with Gasteiger partial charge in [0.25, 0.3) is 0 Å². The Hall–Kier alpha value is -7.68. The zero-order chi connectivity index (χ0) is 39.2. The molecule has 0 fully saturated rings. The Labute approximate surface area is 344 Å². The fourth-order valence-corrected chi connectivity index (χ4v) is 9.30. The minimum Gasteiger partial charge on any atom is -0.228 e. The van der Waals surface area contributed by atoms with Gasteiger partial charge in [0.2, 0.25) is 0 Å². The maximum absolute atomic E-state index is 5.15. The zero-order valence-corrected chi connectivity index (χ0v) is 32.3. The van der Waals surface area contributed by atoms with Crippen molar-refractivity contribution >= 4 is 10.8 Å². The standard InChI is InChI=1S/C57H38N2/c1-5-19-41(20-6-1)54-38-55(59-56(58-54)43-21-7-2-8-22-43)42-34-32-40(33-35-42)49-37-53-51(36-50(49)47-30-17-23-39-18-13-14-28-46(39)47)48-29-15-16-31-52(48)57(53,44-24-9-3-10-25-44)45-26-11-4-12-27-45/h1-38H. The molecule has 0 radical (unpaired) electrons. The van der Waals surface area contributed by atoms with Crippen LogP contribution < -0.4 is 0 Å². The first kappa shape index (κ1) is 34.6. The minimum atomic E-state index is -0.511. The van der Waals surface area contributed by atoms with E-state index in [4.69, 9.17) is 9.97 Å². The van der Waals surface area contributed by atoms with Crippen molar-refractivity contribution in [2.24, 2.45) is 0 Å². The van der Waals surface area contributed by atoms with E-state index in [9.17, 15) is 0 Å². The molecule has 9 aromatic carbocycles. The van der Waals surface area contributed by atoms with Crippen molar-refractivity contribution in [2.75, 3.05) is 0 Å². The molecule has 11 rings (SSSR count). The lowest BCUT2D eigenvalue weighted by molar-refractivity contribution is 0.769. The third kappa shape index (κ3) is 5.80. The Morgan fingerprint density at radius 2 is 0.797 bits per heavy atom. The van der Waals surface area contributed by atoms with Crippen molar-refractivity contribution in [1.29, 1.82) is 0 Å². The van der Waals surface area contributed by atoms with Gasteiger partial charge in [-0.2, -0.15) is 0 Å². The SMILES string of the molecule is c1ccc(-c2cc(-c3ccc(-c4cc5c(cc4-c4cccc6ccccc46)-c4ccccc4C5(c4ccccc4)c4ccccc4)cc3)nc(-c3ccccc3)n2)cc1. The Kier molecular flexibility index (Phi) is 8.41. The van der Waals surface area contributed by atoms with E-state index in [0.717, 1.165) is 33.6 Å². The smallest absolute Gasteiger partial charge is 0.160 e. The minimum absolute atomic E-state index is 0.511. The van der Waals surface area contributed by atoms with Crippen LogP contribution in [-0.4, -0.2) is 9.97 Å². The molecular weight excluding hydrogens is 713 g/mol. The van der Waals surface area contributed by atoms with E-state index in [-0.39, 0.29) is 0 Å². The third-order valence-electron chi connectivity index (χ3n) is 12.0. The van der Waals surface area contributed by atoms with Gasteiger partial charge >= 0.3 is 0 Å². The van der Waals surface area contributed by atoms with Crippen LogP contribution in [0.25, 0.3) is 78.1 Å². The van der Waals surface area contributed by atoms with E-state index < -0.39 is 5.41 Å². The van der Waals surface area contributed by atoms with E-state index in [1.165, 1.54) is 60.8 Å². The average molecular weight is 751 g/mol. The number of rotatable bonds is 7. The van der Waals surface area contributed by atoms with Gasteiger partial charge in [-0.25, -0.2) is 9.97 Å². The summed E-state index contributed by atoms with van der Waals surface area (Å²) in [6.07, 6.45) is 0. The predicted molar refractivity (Wildman–Crippen MR) is 244 cm³/mol. The molecule has 2 nitrogen and oxygen atoms in total. The topological polar surface area (TPSA) is 25.8 Å². The molecule has 59 heavy (non-hydrogen) atoms. The van der Waals surface area contributed by atoms with Crippen LogP contribution in [0.1, 0.15) is 22.3 Å². The molecule has 0 aliphatic heterocycles. The Balaban J connectivity index is 1.15. The van der Waals surface area contributed by atoms with E-state index in [1.54, 1.807) is 0 Å². The first-order valence-corrected chi connectivity index (χ1v) is 20.2. The zero-order valence-electron chi connectivity index (χ0n) is 32.3. The van der Waals surface area contributed by atoms with Crippen molar-refractivity contribution in [3.05, 3.63) is 253 Å². The van der Waals surface area contributed by atoms with Crippen molar-refractivity contribution in [2.45, 2.75) is 5.41 Å². The monoisotopic (exact) mass is 750 g/mol. The van der Waals surface area contributed by atoms with Gasteiger partial charge in [0.15, 0.2) is 5.82 Å². The lowest BCUT2D eigenvalue weighted by atomic mass is 9.67. The van der Waals surface area contributed by atoms with Gasteiger partial charge < -0.3 is 0 Å². The Bertz CT molecular complexity index is 3020. The van der Waals surface area contributed by atoms with Crippen molar-refractivity contribution < 1.29 is 0 Å². The quantitative estimate of drug-likeness (QED) is 0.162. The first-order chi connectivity index (χ1) is 29.3. The molecule has 10 aromatic rings. The molecule has 0 N–H and O–H groups in total. The molecule has 1 aliphatic rings. The van der Waals surface area contributed by atoms with E-state index in [1.807, 2.05) is 24.3 Å². The van der Waals surface area contributed by atoms with Gasteiger partial charge in [0, 0.05) is 16.7 Å². The lowest BCUT2D eigenvalue weighted by Gasteiger charge is -2.34. The molecule has 0 saturated carbocycles. The second kappa shape index (κ2) is 14.4. The van der Waals surface area contributed by atoms with Gasteiger partial charge in [-0.3, -0.25) is 0 Å². The number of hydrogen-bond acceptors (Lipinski definition) is 2. The second-order valence-electron chi connectivity index (χ2n) is 15.3. The summed E-state index contributed by atoms with van der Waals surface area (Å²) in [5.74, 6) is 0.709. The van der Waals surface area contributed by atoms with Gasteiger partial charge in [0.05, 0.1) is 16.8 Å². The highest BCUT2D eigenvalue weighted by atomic mass is 14.9. The number of benzene rings is 9. The highest BCUT2D eigenvalue weighted by Crippen LogP contribution is 2.58. The molecule has 0 amide bonds. The van der Waals surface area contributed by atoms with Crippen LogP contribution in [-0.2, 0) is 5.41 Å². The molecule has 1 aliphatic carbocycles. The van der Waals surface area contributed by atoms with Gasteiger partial charge in [-0.1, -0.05) is 212 Å². The molecule has 0 spiro atoms. The number of aromatic nitrogens is 2. The van der Waals surface area contributed by atoms with Crippen LogP contribution in [0.3, 0.4) is 0 Å². The average Bonchev–Trinajstić information content (AvgIpc) is 3.62. The van der Waals surface area contributed by atoms with Gasteiger partial charge in [-0.15, -0.1) is 0 Å². The summed E-state index contributed by atoms with van der Waals surface area (Å²) < 4.78 is 0. The van der Waals surface area contributed by atoms with Crippen LogP contribution in [0.5, 0.6) is 0 Å². The van der Waals surface area contributed by atoms with Crippen LogP contribution in [0.4, 0.5) is 0 Å². The molecule has 276 valence electrons. The molecule has 0 bridgehead atoms. The summed E-state index contributed by atoms with van der Waals surface area (Å²) in [6, 6.07) is 83.2. The number of hydrogen-bond donors (Lipinski definition) is 0. The normalized spacial score (nSPS) is 12.5. The van der Waals surface area contributed by atoms with Crippen LogP contribution in [0.2, 0.25) is 0 Å². The summed E-state index contributed by atoms with van der Waals surface area (Å²) >= 11 is 0. The predicted octanol–water partition coefficient (Wildman–Crippen LogP) is 14.3. The Morgan fingerprint density at radius 1 is 0.288 bits per heavy atom. The van der Waals surface area contributed by atoms with E-state index >= 15 is 0 Å². The highest BCUT2D eigenvalue weighted by molar-refractivity contribution is 6.03. The van der Waals surface area contributed by atoms with Gasteiger partial charge in [0.1, 0.15) is 0 Å². The summed E-state index contributed by atoms with van der Waals surface area (Å²) in [7, 11) is 0. The first-order valence-electron chi connectivity index (χ1n) is 20.2. The van der Waals surface area contributed by atoms with Crippen LogP contribution in [0, 0.1) is 0 Å². The summed E-state index contributed by atoms with van der Waals surface area (Å²) in [5.41, 5.74) is 16.7. The van der Waals surface area contributed by atoms with Crippen molar-refractivity contribution in [3.63, 3.8) is 0 Å². The Morgan fingerprint density at radius 3 is 1.47 bits per heavy atom. The lowest BCUT2D eigenvalue weighted by Crippen LogP contribution is -2.28. The van der Waals surface area contributed by atoms with E-state index in [2.05, 4.69) is 206 Å². The summed E-state index contributed by atoms with van der Waals surface area (Å²) in [4.78, 5) is 10.2. The van der Waals surface area contributed by atoms with Crippen molar-refractivity contribution in [3.8, 4) is 67.3 Å². The maximum Gasteiger partial charge on any atom is 0.160 e. The van der Waals surface area contributed by atoms with Gasteiger partial charge in [-0.05, 0) is 84.6 Å². The number of fused-ring (bicyclic) bond motifs is 4. The summed E-state index contributed by atoms with van der Waals surface area (Å²) in [6.45, 7) is 0. The maximum atomic E-state index is 5.15. The largest absolute Gasteiger partial charge is 0.228 e. The summed E-state index contributed by atoms with van der Waals surface area (Å²) in [5, 5.41) is 2.46. The third-order valence-corrected chi connectivity index (χ3v) is 12.0. The molecule has 0 atom stereocenters. The second-order valence-corrected chi connectivity index (χ2v) is 15.3. The number of nitrogens with zero attached hydrogens (tertiary/aromatic N) is 2. The van der Waals surface area contributed by atoms with Crippen LogP contribution in [0.15, 0.2) is 231 Å². The van der Waals surface area contributed by atoms with E-state index in [0.29, 0.717) is 5.82 Å². The highest BCUT2D eigenvalue weighted by Gasteiger charge is 2.46. The molecule has 1 aromatic heterocycles. The molecule has 0 saturated heterocycles. The molecule has 1 heterocycles. The van der Waals surface area contributed by atoms with Crippen molar-refractivity contribution in [1.82, 2.24) is 9.97 Å².